The number of benzene rings is 1. The molecule has 0 saturated heterocycles. The topological polar surface area (TPSA) is 86.5 Å². The van der Waals surface area contributed by atoms with Crippen LogP contribution >= 0.6 is 0 Å². The van der Waals surface area contributed by atoms with E-state index in [-0.39, 0.29) is 11.8 Å². The number of aromatic nitrogens is 1. The Morgan fingerprint density at radius 1 is 1.21 bits per heavy atom. The molecule has 1 amide bonds. The Morgan fingerprint density at radius 2 is 1.88 bits per heavy atom. The van der Waals surface area contributed by atoms with Crippen molar-refractivity contribution in [2.75, 3.05) is 7.11 Å². The zero-order chi connectivity index (χ0) is 17.5. The van der Waals surface area contributed by atoms with E-state index in [0.29, 0.717) is 18.2 Å². The molecule has 0 aliphatic heterocycles. The number of nitrogens with two attached hydrogens (primary N) is 1. The average Bonchev–Trinajstić information content (AvgIpc) is 2.60. The smallest absolute Gasteiger partial charge is 0.237 e. The van der Waals surface area contributed by atoms with Crippen molar-refractivity contribution in [2.24, 2.45) is 11.7 Å². The Labute approximate surface area is 142 Å². The van der Waals surface area contributed by atoms with E-state index in [4.69, 9.17) is 15.2 Å². The first-order valence-electron chi connectivity index (χ1n) is 7.79. The fourth-order valence-corrected chi connectivity index (χ4v) is 1.99. The number of ether oxygens (including phenoxy) is 2. The molecule has 0 bridgehead atoms. The summed E-state index contributed by atoms with van der Waals surface area (Å²) in [4.78, 5) is 16.1. The predicted molar refractivity (Wildman–Crippen MR) is 92.0 cm³/mol. The van der Waals surface area contributed by atoms with Crippen LogP contribution in [0.1, 0.15) is 19.4 Å². The van der Waals surface area contributed by atoms with Crippen LogP contribution in [-0.2, 0) is 11.3 Å². The minimum absolute atomic E-state index is 0.0939. The molecule has 24 heavy (non-hydrogen) atoms. The Hall–Kier alpha value is -2.60. The lowest BCUT2D eigenvalue weighted by atomic mass is 10.1. The van der Waals surface area contributed by atoms with Crippen LogP contribution in [0.3, 0.4) is 0 Å². The number of carbonyl (C=O) groups is 1. The second-order valence-electron chi connectivity index (χ2n) is 5.77. The van der Waals surface area contributed by atoms with Crippen LogP contribution in [-0.4, -0.2) is 24.0 Å². The first-order valence-corrected chi connectivity index (χ1v) is 7.79. The lowest BCUT2D eigenvalue weighted by molar-refractivity contribution is -0.123. The minimum Gasteiger partial charge on any atom is -0.497 e. The molecule has 1 heterocycles. The lowest BCUT2D eigenvalue weighted by Crippen LogP contribution is -2.43. The summed E-state index contributed by atoms with van der Waals surface area (Å²) in [6.07, 6.45) is 1.64. The molecule has 0 unspecified atom stereocenters. The molecule has 128 valence electrons. The molecule has 1 aromatic heterocycles. The number of amides is 1. The van der Waals surface area contributed by atoms with Crippen LogP contribution in [0.5, 0.6) is 17.4 Å². The van der Waals surface area contributed by atoms with Gasteiger partial charge in [-0.3, -0.25) is 4.79 Å². The van der Waals surface area contributed by atoms with Crippen molar-refractivity contribution < 1.29 is 14.3 Å². The van der Waals surface area contributed by atoms with Gasteiger partial charge in [0.15, 0.2) is 0 Å². The van der Waals surface area contributed by atoms with Crippen LogP contribution in [0.25, 0.3) is 0 Å². The van der Waals surface area contributed by atoms with Crippen LogP contribution in [0, 0.1) is 5.92 Å². The maximum atomic E-state index is 11.9. The van der Waals surface area contributed by atoms with Gasteiger partial charge in [-0.05, 0) is 41.8 Å². The third kappa shape index (κ3) is 4.96. The van der Waals surface area contributed by atoms with Crippen molar-refractivity contribution in [1.29, 1.82) is 0 Å². The summed E-state index contributed by atoms with van der Waals surface area (Å²) in [6.45, 7) is 4.20. The monoisotopic (exact) mass is 329 g/mol. The highest BCUT2D eigenvalue weighted by atomic mass is 16.5. The van der Waals surface area contributed by atoms with E-state index >= 15 is 0 Å². The van der Waals surface area contributed by atoms with Crippen LogP contribution in [0.4, 0.5) is 0 Å². The number of carbonyl (C=O) groups excluding carboxylic acids is 1. The number of hydrogen-bond donors (Lipinski definition) is 2. The average molecular weight is 329 g/mol. The molecule has 0 saturated carbocycles. The summed E-state index contributed by atoms with van der Waals surface area (Å²) in [5.41, 5.74) is 6.71. The van der Waals surface area contributed by atoms with E-state index in [1.807, 2.05) is 32.0 Å². The quantitative estimate of drug-likeness (QED) is 0.815. The van der Waals surface area contributed by atoms with E-state index in [1.165, 1.54) is 0 Å². The van der Waals surface area contributed by atoms with Crippen molar-refractivity contribution in [3.63, 3.8) is 0 Å². The Kier molecular flexibility index (Phi) is 6.14. The van der Waals surface area contributed by atoms with Crippen LogP contribution < -0.4 is 20.5 Å². The van der Waals surface area contributed by atoms with Gasteiger partial charge in [0.2, 0.25) is 11.8 Å². The Bertz CT molecular complexity index is 671. The molecule has 6 nitrogen and oxygen atoms in total. The summed E-state index contributed by atoms with van der Waals surface area (Å²) in [7, 11) is 1.61. The zero-order valence-corrected chi connectivity index (χ0v) is 14.2. The van der Waals surface area contributed by atoms with E-state index in [9.17, 15) is 4.79 Å². The molecule has 2 aromatic rings. The van der Waals surface area contributed by atoms with E-state index in [2.05, 4.69) is 10.3 Å². The van der Waals surface area contributed by atoms with Crippen molar-refractivity contribution in [3.05, 3.63) is 48.2 Å². The Morgan fingerprint density at radius 3 is 2.50 bits per heavy atom. The predicted octanol–water partition coefficient (Wildman–Crippen LogP) is 2.48. The molecule has 0 radical (unpaired) electrons. The fourth-order valence-electron chi connectivity index (χ4n) is 1.99. The zero-order valence-electron chi connectivity index (χ0n) is 14.2. The lowest BCUT2D eigenvalue weighted by Gasteiger charge is -2.15. The van der Waals surface area contributed by atoms with Crippen molar-refractivity contribution in [2.45, 2.75) is 26.4 Å². The van der Waals surface area contributed by atoms with Gasteiger partial charge in [0, 0.05) is 18.8 Å². The first-order chi connectivity index (χ1) is 11.5. The molecule has 0 aliphatic carbocycles. The van der Waals surface area contributed by atoms with Gasteiger partial charge in [-0.2, -0.15) is 0 Å². The molecule has 0 aliphatic rings. The number of methoxy groups -OCH3 is 1. The SMILES string of the molecule is COc1ccc(Oc2cc(CNC(=O)[C@@H](N)C(C)C)ccn2)cc1. The maximum absolute atomic E-state index is 11.9. The van der Waals surface area contributed by atoms with E-state index in [0.717, 1.165) is 11.3 Å². The highest BCUT2D eigenvalue weighted by molar-refractivity contribution is 5.81. The molecule has 0 fully saturated rings. The van der Waals surface area contributed by atoms with Crippen LogP contribution in [0.2, 0.25) is 0 Å². The Balaban J connectivity index is 1.96. The summed E-state index contributed by atoms with van der Waals surface area (Å²) >= 11 is 0. The van der Waals surface area contributed by atoms with Crippen molar-refractivity contribution >= 4 is 5.91 Å². The first kappa shape index (κ1) is 17.7. The molecule has 2 rings (SSSR count). The number of hydrogen-bond acceptors (Lipinski definition) is 5. The second kappa shape index (κ2) is 8.31. The van der Waals surface area contributed by atoms with Gasteiger partial charge >= 0.3 is 0 Å². The molecular formula is C18H23N3O3. The molecule has 1 aromatic carbocycles. The number of rotatable bonds is 7. The third-order valence-electron chi connectivity index (χ3n) is 3.57. The number of pyridine rings is 1. The summed E-state index contributed by atoms with van der Waals surface area (Å²) in [5.74, 6) is 1.80. The van der Waals surface area contributed by atoms with Gasteiger partial charge in [0.05, 0.1) is 13.2 Å². The van der Waals surface area contributed by atoms with Gasteiger partial charge in [0.25, 0.3) is 0 Å². The summed E-state index contributed by atoms with van der Waals surface area (Å²) in [5, 5.41) is 2.82. The van der Waals surface area contributed by atoms with Gasteiger partial charge in [-0.25, -0.2) is 4.98 Å². The van der Waals surface area contributed by atoms with Crippen molar-refractivity contribution in [1.82, 2.24) is 10.3 Å². The number of nitrogens with one attached hydrogen (secondary N) is 1. The van der Waals surface area contributed by atoms with E-state index in [1.54, 1.807) is 31.5 Å². The number of nitrogens with zero attached hydrogens (tertiary/aromatic N) is 1. The largest absolute Gasteiger partial charge is 0.497 e. The second-order valence-corrected chi connectivity index (χ2v) is 5.77. The van der Waals surface area contributed by atoms with Gasteiger partial charge < -0.3 is 20.5 Å². The highest BCUT2D eigenvalue weighted by Gasteiger charge is 2.16. The third-order valence-corrected chi connectivity index (χ3v) is 3.57. The minimum atomic E-state index is -0.512. The molecule has 6 heteroatoms. The normalized spacial score (nSPS) is 11.9. The molecule has 3 N–H and O–H groups in total. The summed E-state index contributed by atoms with van der Waals surface area (Å²) in [6, 6.07) is 10.3. The van der Waals surface area contributed by atoms with E-state index < -0.39 is 6.04 Å². The highest BCUT2D eigenvalue weighted by Crippen LogP contribution is 2.22. The standard InChI is InChI=1S/C18H23N3O3/c1-12(2)17(19)18(22)21-11-13-8-9-20-16(10-13)24-15-6-4-14(23-3)5-7-15/h4-10,12,17H,11,19H2,1-3H3,(H,21,22)/t17-/m0/s1. The maximum Gasteiger partial charge on any atom is 0.237 e. The van der Waals surface area contributed by atoms with Gasteiger partial charge in [-0.1, -0.05) is 13.8 Å². The van der Waals surface area contributed by atoms with Gasteiger partial charge in [-0.15, -0.1) is 0 Å². The molecular weight excluding hydrogens is 306 g/mol. The molecule has 0 spiro atoms. The van der Waals surface area contributed by atoms with Crippen LogP contribution in [0.15, 0.2) is 42.6 Å². The summed E-state index contributed by atoms with van der Waals surface area (Å²) < 4.78 is 10.8. The molecule has 1 atom stereocenters. The fraction of sp³-hybridized carbons (Fsp3) is 0.333. The van der Waals surface area contributed by atoms with Gasteiger partial charge in [0.1, 0.15) is 11.5 Å². The van der Waals surface area contributed by atoms with Crippen molar-refractivity contribution in [3.8, 4) is 17.4 Å².